The van der Waals surface area contributed by atoms with Gasteiger partial charge in [-0.25, -0.2) is 0 Å². The monoisotopic (exact) mass is 718 g/mol. The average Bonchev–Trinajstić information content (AvgIpc) is 3.17. The molecule has 0 heterocycles. The van der Waals surface area contributed by atoms with Crippen molar-refractivity contribution in [2.24, 2.45) is 0 Å². The van der Waals surface area contributed by atoms with Crippen LogP contribution in [0.3, 0.4) is 0 Å². The predicted octanol–water partition coefficient (Wildman–Crippen LogP) is 4.33. The van der Waals surface area contributed by atoms with Gasteiger partial charge < -0.3 is 29.6 Å². The van der Waals surface area contributed by atoms with Crippen molar-refractivity contribution in [3.63, 3.8) is 0 Å². The molecule has 6 heteroatoms. The molecule has 0 aromatic heterocycles. The van der Waals surface area contributed by atoms with Gasteiger partial charge in [0, 0.05) is 24.0 Å². The molecule has 0 aliphatic heterocycles. The second kappa shape index (κ2) is 21.4. The summed E-state index contributed by atoms with van der Waals surface area (Å²) < 4.78 is 0. The predicted molar refractivity (Wildman–Crippen MR) is 214 cm³/mol. The fourth-order valence-corrected chi connectivity index (χ4v) is 6.32. The van der Waals surface area contributed by atoms with Gasteiger partial charge in [-0.15, -0.1) is 0 Å². The van der Waals surface area contributed by atoms with E-state index in [4.69, 9.17) is 0 Å². The van der Waals surface area contributed by atoms with E-state index in [9.17, 15) is 19.8 Å². The summed E-state index contributed by atoms with van der Waals surface area (Å²) in [5, 5.41) is 18.8. The van der Waals surface area contributed by atoms with Crippen LogP contribution in [0.5, 0.6) is 0 Å². The van der Waals surface area contributed by atoms with Crippen molar-refractivity contribution in [3.05, 3.63) is 214 Å². The third kappa shape index (κ3) is 13.5. The molecule has 6 aromatic rings. The molecule has 0 amide bonds. The van der Waals surface area contributed by atoms with E-state index in [2.05, 4.69) is 186 Å². The highest BCUT2D eigenvalue weighted by Crippen LogP contribution is 2.25. The van der Waals surface area contributed by atoms with Crippen LogP contribution in [0.2, 0.25) is 0 Å². The Morgan fingerprint density at radius 1 is 0.407 bits per heavy atom. The van der Waals surface area contributed by atoms with Crippen LogP contribution in [-0.4, -0.2) is 40.1 Å². The van der Waals surface area contributed by atoms with Crippen molar-refractivity contribution in [2.45, 2.75) is 25.7 Å². The van der Waals surface area contributed by atoms with Gasteiger partial charge in [0.15, 0.2) is 0 Å². The third-order valence-electron chi connectivity index (χ3n) is 8.90. The highest BCUT2D eigenvalue weighted by Gasteiger charge is 2.16. The molecule has 276 valence electrons. The summed E-state index contributed by atoms with van der Waals surface area (Å²) in [5.74, 6) is -3.09. The Morgan fingerprint density at radius 2 is 0.685 bits per heavy atom. The first-order chi connectivity index (χ1) is 26.1. The number of rotatable bonds is 12. The number of hydrogen-bond donors (Lipinski definition) is 2. The topological polar surface area (TPSA) is 89.1 Å². The van der Waals surface area contributed by atoms with E-state index in [0.29, 0.717) is 12.2 Å². The lowest BCUT2D eigenvalue weighted by atomic mass is 9.93. The van der Waals surface area contributed by atoms with Gasteiger partial charge in [0.05, 0.1) is 40.1 Å². The van der Waals surface area contributed by atoms with Gasteiger partial charge in [-0.2, -0.15) is 0 Å². The zero-order valence-corrected chi connectivity index (χ0v) is 31.6. The van der Waals surface area contributed by atoms with Crippen LogP contribution in [0.1, 0.15) is 44.5 Å². The Bertz CT molecular complexity index is 1910. The van der Waals surface area contributed by atoms with Gasteiger partial charge in [0.1, 0.15) is 11.4 Å². The van der Waals surface area contributed by atoms with E-state index >= 15 is 0 Å². The van der Waals surface area contributed by atoms with Crippen LogP contribution in [0.15, 0.2) is 170 Å². The van der Waals surface area contributed by atoms with E-state index in [1.54, 1.807) is 0 Å². The number of carboxylic acid groups (broad SMARTS) is 2. The fraction of sp³-hybridized carbons (Fsp3) is 0.167. The number of quaternary nitrogens is 2. The molecule has 0 bridgehead atoms. The van der Waals surface area contributed by atoms with Crippen molar-refractivity contribution >= 4 is 23.3 Å². The first kappa shape index (κ1) is 40.7. The Morgan fingerprint density at radius 3 is 0.944 bits per heavy atom. The van der Waals surface area contributed by atoms with Crippen LogP contribution in [0, 0.1) is 0 Å². The van der Waals surface area contributed by atoms with Crippen LogP contribution in [0.4, 0.5) is 11.4 Å². The second-order valence-electron chi connectivity index (χ2n) is 13.5. The maximum Gasteiger partial charge on any atom is 0.134 e. The Kier molecular flexibility index (Phi) is 16.2. The molecule has 2 N–H and O–H groups in total. The lowest BCUT2D eigenvalue weighted by Gasteiger charge is -2.17. The minimum atomic E-state index is -1.55. The molecule has 0 fully saturated rings. The molecule has 6 rings (SSSR count). The zero-order valence-electron chi connectivity index (χ0n) is 31.6. The average molecular weight is 719 g/mol. The van der Waals surface area contributed by atoms with E-state index in [1.807, 2.05) is 0 Å². The first-order valence-corrected chi connectivity index (χ1v) is 18.2. The molecule has 0 radical (unpaired) electrons. The Hall–Kier alpha value is -6.08. The smallest absolute Gasteiger partial charge is 0.134 e. The van der Waals surface area contributed by atoms with E-state index in [1.165, 1.54) is 65.7 Å². The molecule has 0 spiro atoms. The standard InChI is InChI=1S/2C22H23N.C4H4O4/c2*1-23(2)22-15-9-14-20(16-18-10-5-3-6-11-18)21(22)17-19-12-7-4-8-13-19;5-3(6)1-2-4(7)8/h2*3-15H,16-17H2,1-2H3;1-2H,(H,5,6)(H,7,8)/b;;2-1+. The van der Waals surface area contributed by atoms with Crippen molar-refractivity contribution in [3.8, 4) is 0 Å². The van der Waals surface area contributed by atoms with Crippen molar-refractivity contribution in [2.75, 3.05) is 28.2 Å². The van der Waals surface area contributed by atoms with Gasteiger partial charge in [-0.3, -0.25) is 0 Å². The van der Waals surface area contributed by atoms with Crippen LogP contribution in [0.25, 0.3) is 0 Å². The fourth-order valence-electron chi connectivity index (χ4n) is 6.32. The van der Waals surface area contributed by atoms with E-state index in [-0.39, 0.29) is 0 Å². The van der Waals surface area contributed by atoms with Gasteiger partial charge in [0.2, 0.25) is 0 Å². The maximum atomic E-state index is 9.41. The minimum Gasteiger partial charge on any atom is -0.545 e. The summed E-state index contributed by atoms with van der Waals surface area (Å²) in [6.07, 6.45) is 4.73. The van der Waals surface area contributed by atoms with Gasteiger partial charge in [-0.1, -0.05) is 146 Å². The van der Waals surface area contributed by atoms with Gasteiger partial charge in [0.25, 0.3) is 0 Å². The van der Waals surface area contributed by atoms with Crippen molar-refractivity contribution < 1.29 is 29.6 Å². The summed E-state index contributed by atoms with van der Waals surface area (Å²) in [6.45, 7) is 0. The molecular weight excluding hydrogens is 669 g/mol. The second-order valence-corrected chi connectivity index (χ2v) is 13.5. The van der Waals surface area contributed by atoms with E-state index in [0.717, 1.165) is 25.7 Å². The summed E-state index contributed by atoms with van der Waals surface area (Å²) in [7, 11) is 8.82. The lowest BCUT2D eigenvalue weighted by Crippen LogP contribution is -3.00. The normalized spacial score (nSPS) is 10.7. The lowest BCUT2D eigenvalue weighted by molar-refractivity contribution is -0.786. The van der Waals surface area contributed by atoms with Gasteiger partial charge >= 0.3 is 0 Å². The molecule has 0 saturated heterocycles. The van der Waals surface area contributed by atoms with Crippen LogP contribution >= 0.6 is 0 Å². The number of aliphatic carboxylic acids is 2. The summed E-state index contributed by atoms with van der Waals surface area (Å²) >= 11 is 0. The molecule has 6 aromatic carbocycles. The Balaban J connectivity index is 0.000000201. The molecular formula is C48H50N2O4. The largest absolute Gasteiger partial charge is 0.545 e. The third-order valence-corrected chi connectivity index (χ3v) is 8.90. The molecule has 0 saturated carbocycles. The quantitative estimate of drug-likeness (QED) is 0.185. The number of nitrogens with one attached hydrogen (secondary N) is 2. The van der Waals surface area contributed by atoms with E-state index < -0.39 is 11.9 Å². The minimum absolute atomic E-state index is 0.384. The molecule has 0 atom stereocenters. The molecule has 6 nitrogen and oxygen atoms in total. The molecule has 0 aliphatic rings. The Labute approximate surface area is 320 Å². The van der Waals surface area contributed by atoms with Crippen molar-refractivity contribution in [1.82, 2.24) is 0 Å². The molecule has 0 unspecified atom stereocenters. The van der Waals surface area contributed by atoms with Crippen LogP contribution in [-0.2, 0) is 35.3 Å². The zero-order chi connectivity index (χ0) is 38.7. The highest BCUT2D eigenvalue weighted by molar-refractivity contribution is 5.87. The molecule has 0 aliphatic carbocycles. The first-order valence-electron chi connectivity index (χ1n) is 18.2. The molecule has 54 heavy (non-hydrogen) atoms. The van der Waals surface area contributed by atoms with Crippen LogP contribution < -0.4 is 20.0 Å². The SMILES string of the molecule is C[NH+](C)c1cccc(Cc2ccccc2)c1Cc1ccccc1.C[NH+](C)c1cccc(Cc2ccccc2)c1Cc1ccccc1.O=C([O-])/C=C/C(=O)[O-]. The number of hydrogen-bond acceptors (Lipinski definition) is 4. The summed E-state index contributed by atoms with van der Waals surface area (Å²) in [4.78, 5) is 21.6. The number of carboxylic acids is 2. The van der Waals surface area contributed by atoms with Gasteiger partial charge in [-0.05, 0) is 70.5 Å². The maximum absolute atomic E-state index is 9.41. The summed E-state index contributed by atoms with van der Waals surface area (Å²) in [6, 6.07) is 56.4. The summed E-state index contributed by atoms with van der Waals surface area (Å²) in [5.41, 5.74) is 14.0. The van der Waals surface area contributed by atoms with Crippen molar-refractivity contribution in [1.29, 1.82) is 0 Å². The number of benzene rings is 6. The highest BCUT2D eigenvalue weighted by atomic mass is 16.4. The number of carbonyl (C=O) groups is 2. The number of carbonyl (C=O) groups excluding carboxylic acids is 2.